The van der Waals surface area contributed by atoms with Crippen LogP contribution in [-0.2, 0) is 13.1 Å². The Hall–Kier alpha value is -4.19. The fourth-order valence-electron chi connectivity index (χ4n) is 13.6. The lowest BCUT2D eigenvalue weighted by Crippen LogP contribution is -2.55. The second-order valence-corrected chi connectivity index (χ2v) is 22.3. The molecule has 0 unspecified atom stereocenters. The van der Waals surface area contributed by atoms with Crippen molar-refractivity contribution in [2.24, 2.45) is 35.5 Å². The molecule has 2 aromatic rings. The molecule has 0 spiro atoms. The van der Waals surface area contributed by atoms with Gasteiger partial charge in [0.1, 0.15) is 6.17 Å². The smallest absolute Gasteiger partial charge is 0.320 e. The monoisotopic (exact) mass is 908 g/mol. The van der Waals surface area contributed by atoms with Crippen molar-refractivity contribution in [2.45, 2.75) is 153 Å². The van der Waals surface area contributed by atoms with Crippen LogP contribution in [0.4, 0.5) is 14.0 Å². The number of likely N-dealkylation sites (tertiary alicyclic amines) is 1. The third-order valence-electron chi connectivity index (χ3n) is 17.5. The molecule has 6 bridgehead atoms. The van der Waals surface area contributed by atoms with E-state index in [0.29, 0.717) is 61.7 Å². The lowest BCUT2D eigenvalue weighted by atomic mass is 9.54. The molecule has 66 heavy (non-hydrogen) atoms. The molecule has 2 aromatic carbocycles. The van der Waals surface area contributed by atoms with Gasteiger partial charge in [-0.1, -0.05) is 24.3 Å². The second-order valence-electron chi connectivity index (χ2n) is 22.3. The summed E-state index contributed by atoms with van der Waals surface area (Å²) in [6.45, 7) is 5.06. The number of carbonyl (C=O) groups excluding carboxylic acids is 4. The molecule has 0 radical (unpaired) electrons. The van der Waals surface area contributed by atoms with E-state index in [1.165, 1.54) is 70.6 Å². The minimum atomic E-state index is -0.719. The standard InChI is InChI=1S/C29H42N4O2.C25H36FN3O2/c1-31(29(35)32(2)25-9-11-33(12-10-25)26-7-8-26)18-19-3-5-22(6-4-19)28(34)30-27-23-14-20-13-21(16-23)17-24(27)15-20;1-27(25(31)28(2)23-13-11-22(26)12-14-23)15-18-7-9-21(10-8-18)24(30)29-16-19-3-4-20(17-29)6-5-19/h3-6,20-21,23-27H,7-18H2,1-2H3,(H,30,34);7-10,19-20,22-23H,3-6,11-17H2,1-2H3. The molecule has 12 heteroatoms. The van der Waals surface area contributed by atoms with Crippen molar-refractivity contribution in [1.29, 1.82) is 0 Å². The number of alkyl halides is 1. The van der Waals surface area contributed by atoms with Crippen molar-refractivity contribution in [1.82, 2.24) is 34.7 Å². The first-order valence-corrected chi connectivity index (χ1v) is 26.0. The van der Waals surface area contributed by atoms with Crippen molar-refractivity contribution in [3.8, 4) is 0 Å². The zero-order valence-electron chi connectivity index (χ0n) is 40.4. The summed E-state index contributed by atoms with van der Waals surface area (Å²) in [6.07, 6.45) is 18.4. The number of nitrogens with one attached hydrogen (secondary N) is 1. The van der Waals surface area contributed by atoms with Crippen LogP contribution in [0, 0.1) is 35.5 Å². The Kier molecular flexibility index (Phi) is 14.6. The Morgan fingerprint density at radius 3 is 1.48 bits per heavy atom. The molecule has 6 amide bonds. The van der Waals surface area contributed by atoms with Crippen molar-refractivity contribution in [3.05, 3.63) is 70.8 Å². The fourth-order valence-corrected chi connectivity index (χ4v) is 13.6. The first kappa shape index (κ1) is 46.9. The van der Waals surface area contributed by atoms with Gasteiger partial charge in [-0.05, 0) is 180 Å². The van der Waals surface area contributed by atoms with Crippen molar-refractivity contribution < 1.29 is 23.6 Å². The second kappa shape index (κ2) is 20.6. The SMILES string of the molecule is CN(Cc1ccc(C(=O)N2CC3CCC(CC3)C2)cc1)C(=O)N(C)C1CCC(F)CC1.CN(Cc1ccc(C(=O)NC2C3CC4CC(C3)CC2C4)cc1)C(=O)N(C)C1CCN(C2CC2)CC1. The molecule has 3 aliphatic heterocycles. The molecule has 1 N–H and O–H groups in total. The number of carbonyl (C=O) groups is 4. The van der Waals surface area contributed by atoms with Crippen molar-refractivity contribution in [2.75, 3.05) is 54.4 Å². The van der Waals surface area contributed by atoms with Gasteiger partial charge in [-0.3, -0.25) is 9.59 Å². The molecule has 10 fully saturated rings. The summed E-state index contributed by atoms with van der Waals surface area (Å²) >= 11 is 0. The topological polar surface area (TPSA) is 99.8 Å². The number of fused-ring (bicyclic) bond motifs is 4. The average Bonchev–Trinajstić information content (AvgIpc) is 4.22. The van der Waals surface area contributed by atoms with Crippen LogP contribution in [0.15, 0.2) is 48.5 Å². The Bertz CT molecular complexity index is 1940. The predicted octanol–water partition coefficient (Wildman–Crippen LogP) is 9.06. The first-order valence-electron chi connectivity index (χ1n) is 26.0. The average molecular weight is 908 g/mol. The van der Waals surface area contributed by atoms with Gasteiger partial charge in [-0.15, -0.1) is 0 Å². The molecule has 0 atom stereocenters. The maximum absolute atomic E-state index is 13.4. The molecular weight excluding hydrogens is 830 g/mol. The van der Waals surface area contributed by atoms with Gasteiger partial charge in [0.2, 0.25) is 0 Å². The van der Waals surface area contributed by atoms with Crippen molar-refractivity contribution in [3.63, 3.8) is 0 Å². The van der Waals surface area contributed by atoms with Gasteiger partial charge in [0.15, 0.2) is 0 Å². The van der Waals surface area contributed by atoms with E-state index in [-0.39, 0.29) is 29.9 Å². The number of nitrogens with zero attached hydrogens (tertiary/aromatic N) is 6. The lowest BCUT2D eigenvalue weighted by Gasteiger charge is -2.54. The Morgan fingerprint density at radius 2 is 1.02 bits per heavy atom. The van der Waals surface area contributed by atoms with Gasteiger partial charge < -0.3 is 34.7 Å². The summed E-state index contributed by atoms with van der Waals surface area (Å²) in [4.78, 5) is 63.8. The van der Waals surface area contributed by atoms with E-state index in [1.54, 1.807) is 21.7 Å². The zero-order valence-corrected chi connectivity index (χ0v) is 40.4. The molecule has 3 saturated heterocycles. The van der Waals surface area contributed by atoms with Crippen LogP contribution in [0.25, 0.3) is 0 Å². The minimum Gasteiger partial charge on any atom is -0.349 e. The summed E-state index contributed by atoms with van der Waals surface area (Å²) in [5, 5.41) is 3.41. The maximum Gasteiger partial charge on any atom is 0.320 e. The van der Waals surface area contributed by atoms with E-state index in [2.05, 4.69) is 15.1 Å². The third kappa shape index (κ3) is 11.1. The van der Waals surface area contributed by atoms with E-state index in [1.807, 2.05) is 74.6 Å². The van der Waals surface area contributed by atoms with E-state index in [0.717, 1.165) is 92.0 Å². The highest BCUT2D eigenvalue weighted by atomic mass is 19.1. The summed E-state index contributed by atoms with van der Waals surface area (Å²) in [5.41, 5.74) is 3.53. The Balaban J connectivity index is 0.000000167. The number of amides is 6. The van der Waals surface area contributed by atoms with Gasteiger partial charge in [-0.2, -0.15) is 0 Å². The van der Waals surface area contributed by atoms with E-state index < -0.39 is 6.17 Å². The van der Waals surface area contributed by atoms with Gasteiger partial charge in [0, 0.05) is 103 Å². The Morgan fingerprint density at radius 1 is 0.561 bits per heavy atom. The van der Waals surface area contributed by atoms with Crippen LogP contribution < -0.4 is 5.32 Å². The molecule has 10 aliphatic rings. The summed E-state index contributed by atoms with van der Waals surface area (Å²) in [7, 11) is 7.45. The molecule has 3 heterocycles. The fraction of sp³-hybridized carbons (Fsp3) is 0.704. The number of benzene rings is 2. The molecule has 11 nitrogen and oxygen atoms in total. The third-order valence-corrected chi connectivity index (χ3v) is 17.5. The molecule has 0 aromatic heterocycles. The molecule has 360 valence electrons. The van der Waals surface area contributed by atoms with Crippen molar-refractivity contribution >= 4 is 23.9 Å². The minimum absolute atomic E-state index is 0.0393. The van der Waals surface area contributed by atoms with Crippen LogP contribution >= 0.6 is 0 Å². The van der Waals surface area contributed by atoms with Gasteiger partial charge in [0.25, 0.3) is 11.8 Å². The number of piperidine rings is 1. The van der Waals surface area contributed by atoms with Crippen LogP contribution in [-0.4, -0.2) is 138 Å². The predicted molar refractivity (Wildman–Crippen MR) is 257 cm³/mol. The zero-order chi connectivity index (χ0) is 46.1. The van der Waals surface area contributed by atoms with Crippen LogP contribution in [0.5, 0.6) is 0 Å². The van der Waals surface area contributed by atoms with Gasteiger partial charge in [0.05, 0.1) is 0 Å². The largest absolute Gasteiger partial charge is 0.349 e. The number of halogens is 1. The molecule has 7 saturated carbocycles. The number of urea groups is 2. The van der Waals surface area contributed by atoms with Gasteiger partial charge in [-0.25, -0.2) is 14.0 Å². The quantitative estimate of drug-likeness (QED) is 0.257. The molecule has 12 rings (SSSR count). The summed E-state index contributed by atoms with van der Waals surface area (Å²) in [5.74, 6) is 4.74. The van der Waals surface area contributed by atoms with E-state index in [4.69, 9.17) is 0 Å². The maximum atomic E-state index is 13.4. The van der Waals surface area contributed by atoms with Gasteiger partial charge >= 0.3 is 12.1 Å². The number of hydrogen-bond donors (Lipinski definition) is 1. The molecular formula is C54H78FN7O4. The molecule has 7 aliphatic carbocycles. The van der Waals surface area contributed by atoms with Crippen LogP contribution in [0.3, 0.4) is 0 Å². The highest BCUT2D eigenvalue weighted by Crippen LogP contribution is 2.53. The normalized spacial score (nSPS) is 30.4. The van der Waals surface area contributed by atoms with E-state index in [9.17, 15) is 23.6 Å². The summed E-state index contributed by atoms with van der Waals surface area (Å²) in [6, 6.07) is 17.2. The highest BCUT2D eigenvalue weighted by Gasteiger charge is 2.48. The number of hydrogen-bond acceptors (Lipinski definition) is 5. The number of rotatable bonds is 10. The van der Waals surface area contributed by atoms with Crippen LogP contribution in [0.1, 0.15) is 141 Å². The highest BCUT2D eigenvalue weighted by molar-refractivity contribution is 5.95. The first-order chi connectivity index (χ1) is 31.8. The van der Waals surface area contributed by atoms with E-state index >= 15 is 0 Å². The lowest BCUT2D eigenvalue weighted by molar-refractivity contribution is -0.0119. The van der Waals surface area contributed by atoms with Crippen LogP contribution in [0.2, 0.25) is 0 Å². The summed E-state index contributed by atoms with van der Waals surface area (Å²) < 4.78 is 13.4. The Labute approximate surface area is 394 Å².